The van der Waals surface area contributed by atoms with E-state index in [4.69, 9.17) is 4.52 Å². The van der Waals surface area contributed by atoms with Gasteiger partial charge in [-0.1, -0.05) is 18.5 Å². The highest BCUT2D eigenvalue weighted by Crippen LogP contribution is 2.19. The summed E-state index contributed by atoms with van der Waals surface area (Å²) in [7, 11) is 0. The fourth-order valence-corrected chi connectivity index (χ4v) is 2.03. The van der Waals surface area contributed by atoms with Crippen LogP contribution in [0.25, 0.3) is 0 Å². The molecule has 1 aromatic carbocycles. The number of benzene rings is 1. The van der Waals surface area contributed by atoms with Gasteiger partial charge in [0.15, 0.2) is 0 Å². The molecule has 0 fully saturated rings. The maximum atomic E-state index is 13.2. The van der Waals surface area contributed by atoms with E-state index in [1.54, 1.807) is 19.9 Å². The molecule has 0 radical (unpaired) electrons. The van der Waals surface area contributed by atoms with Crippen molar-refractivity contribution in [3.63, 3.8) is 0 Å². The fraction of sp³-hybridized carbons (Fsp3) is 0.333. The van der Waals surface area contributed by atoms with Crippen molar-refractivity contribution in [2.24, 2.45) is 0 Å². The smallest absolute Gasteiger partial charge is 0.261 e. The molecule has 0 spiro atoms. The lowest BCUT2D eigenvalue weighted by molar-refractivity contribution is 0.102. The molecule has 1 heterocycles. The van der Waals surface area contributed by atoms with Crippen LogP contribution in [0.15, 0.2) is 22.7 Å². The van der Waals surface area contributed by atoms with E-state index >= 15 is 0 Å². The zero-order chi connectivity index (χ0) is 14.7. The molecule has 20 heavy (non-hydrogen) atoms. The van der Waals surface area contributed by atoms with Crippen molar-refractivity contribution in [3.8, 4) is 0 Å². The van der Waals surface area contributed by atoms with Gasteiger partial charge in [-0.15, -0.1) is 0 Å². The van der Waals surface area contributed by atoms with Gasteiger partial charge in [-0.2, -0.15) is 0 Å². The van der Waals surface area contributed by atoms with Gasteiger partial charge in [-0.05, 0) is 44.0 Å². The second-order valence-corrected chi connectivity index (χ2v) is 4.73. The van der Waals surface area contributed by atoms with E-state index in [0.29, 0.717) is 34.7 Å². The third kappa shape index (κ3) is 2.87. The number of rotatable bonds is 4. The third-order valence-corrected chi connectivity index (χ3v) is 3.06. The molecule has 0 unspecified atom stereocenters. The van der Waals surface area contributed by atoms with Gasteiger partial charge in [-0.25, -0.2) is 4.39 Å². The molecule has 1 aromatic heterocycles. The minimum atomic E-state index is -0.296. The van der Waals surface area contributed by atoms with Gasteiger partial charge in [0.1, 0.15) is 17.1 Å². The standard InChI is InChI=1S/C15H17FN2O2/c1-4-5-13-14(10(3)20-18-13)15(19)17-11-6-7-12(16)9(2)8-11/h6-8H,4-5H2,1-3H3,(H,17,19). The van der Waals surface area contributed by atoms with E-state index in [1.165, 1.54) is 12.1 Å². The molecule has 106 valence electrons. The van der Waals surface area contributed by atoms with E-state index in [1.807, 2.05) is 6.92 Å². The Morgan fingerprint density at radius 2 is 2.15 bits per heavy atom. The number of hydrogen-bond donors (Lipinski definition) is 1. The van der Waals surface area contributed by atoms with E-state index in [9.17, 15) is 9.18 Å². The highest BCUT2D eigenvalue weighted by molar-refractivity contribution is 6.05. The first-order chi connectivity index (χ1) is 9.52. The van der Waals surface area contributed by atoms with Crippen molar-refractivity contribution >= 4 is 11.6 Å². The summed E-state index contributed by atoms with van der Waals surface area (Å²) in [6.45, 7) is 5.37. The molecule has 0 aliphatic rings. The van der Waals surface area contributed by atoms with Gasteiger partial charge < -0.3 is 9.84 Å². The number of nitrogens with one attached hydrogen (secondary N) is 1. The Hall–Kier alpha value is -2.17. The molecule has 0 aliphatic heterocycles. The number of hydrogen-bond acceptors (Lipinski definition) is 3. The maximum absolute atomic E-state index is 13.2. The van der Waals surface area contributed by atoms with E-state index in [2.05, 4.69) is 10.5 Å². The monoisotopic (exact) mass is 276 g/mol. The summed E-state index contributed by atoms with van der Waals surface area (Å²) in [6.07, 6.45) is 1.56. The number of carbonyl (C=O) groups is 1. The van der Waals surface area contributed by atoms with Crippen molar-refractivity contribution < 1.29 is 13.7 Å². The minimum absolute atomic E-state index is 0.279. The fourth-order valence-electron chi connectivity index (χ4n) is 2.03. The van der Waals surface area contributed by atoms with E-state index in [0.717, 1.165) is 6.42 Å². The average Bonchev–Trinajstić information content (AvgIpc) is 2.76. The minimum Gasteiger partial charge on any atom is -0.361 e. The number of nitrogens with zero attached hydrogens (tertiary/aromatic N) is 1. The summed E-state index contributed by atoms with van der Waals surface area (Å²) < 4.78 is 18.3. The van der Waals surface area contributed by atoms with Crippen LogP contribution < -0.4 is 5.32 Å². The van der Waals surface area contributed by atoms with E-state index in [-0.39, 0.29) is 11.7 Å². The quantitative estimate of drug-likeness (QED) is 0.927. The van der Waals surface area contributed by atoms with Crippen molar-refractivity contribution in [1.82, 2.24) is 5.16 Å². The summed E-state index contributed by atoms with van der Waals surface area (Å²) in [4.78, 5) is 12.3. The molecule has 0 atom stereocenters. The predicted octanol–water partition coefficient (Wildman–Crippen LogP) is 3.64. The third-order valence-electron chi connectivity index (χ3n) is 3.06. The van der Waals surface area contributed by atoms with Crippen LogP contribution in [0.1, 0.15) is 40.7 Å². The van der Waals surface area contributed by atoms with Gasteiger partial charge in [0, 0.05) is 5.69 Å². The predicted molar refractivity (Wildman–Crippen MR) is 74.3 cm³/mol. The van der Waals surface area contributed by atoms with Crippen LogP contribution in [-0.4, -0.2) is 11.1 Å². The highest BCUT2D eigenvalue weighted by atomic mass is 19.1. The highest BCUT2D eigenvalue weighted by Gasteiger charge is 2.19. The Balaban J connectivity index is 2.23. The van der Waals surface area contributed by atoms with Gasteiger partial charge in [0.25, 0.3) is 5.91 Å². The van der Waals surface area contributed by atoms with Gasteiger partial charge in [0.05, 0.1) is 5.69 Å². The molecular weight excluding hydrogens is 259 g/mol. The Morgan fingerprint density at radius 1 is 1.40 bits per heavy atom. The molecule has 1 amide bonds. The second-order valence-electron chi connectivity index (χ2n) is 4.73. The summed E-state index contributed by atoms with van der Waals surface area (Å²) in [5.74, 6) is -0.0844. The molecule has 2 aromatic rings. The second kappa shape index (κ2) is 5.86. The van der Waals surface area contributed by atoms with Crippen LogP contribution in [0.3, 0.4) is 0 Å². The first-order valence-electron chi connectivity index (χ1n) is 6.55. The summed E-state index contributed by atoms with van der Waals surface area (Å²) in [5, 5.41) is 6.65. The summed E-state index contributed by atoms with van der Waals surface area (Å²) in [5.41, 5.74) is 2.16. The van der Waals surface area contributed by atoms with Crippen molar-refractivity contribution in [3.05, 3.63) is 46.6 Å². The number of halogens is 1. The molecular formula is C15H17FN2O2. The van der Waals surface area contributed by atoms with Crippen LogP contribution in [0.4, 0.5) is 10.1 Å². The van der Waals surface area contributed by atoms with Crippen LogP contribution in [0.5, 0.6) is 0 Å². The SMILES string of the molecule is CCCc1noc(C)c1C(=O)Nc1ccc(F)c(C)c1. The Morgan fingerprint density at radius 3 is 2.80 bits per heavy atom. The van der Waals surface area contributed by atoms with Crippen molar-refractivity contribution in [1.29, 1.82) is 0 Å². The lowest BCUT2D eigenvalue weighted by Gasteiger charge is -2.06. The zero-order valence-corrected chi connectivity index (χ0v) is 11.8. The van der Waals surface area contributed by atoms with Crippen LogP contribution in [-0.2, 0) is 6.42 Å². The first-order valence-corrected chi connectivity index (χ1v) is 6.55. The Bertz CT molecular complexity index is 635. The lowest BCUT2D eigenvalue weighted by atomic mass is 10.1. The summed E-state index contributed by atoms with van der Waals surface area (Å²) >= 11 is 0. The molecule has 0 bridgehead atoms. The number of aromatic nitrogens is 1. The molecule has 1 N–H and O–H groups in total. The normalized spacial score (nSPS) is 10.6. The number of anilines is 1. The number of aryl methyl sites for hydroxylation is 3. The molecule has 0 saturated heterocycles. The van der Waals surface area contributed by atoms with Crippen LogP contribution in [0.2, 0.25) is 0 Å². The first kappa shape index (κ1) is 14.2. The topological polar surface area (TPSA) is 55.1 Å². The number of carbonyl (C=O) groups excluding carboxylic acids is 1. The largest absolute Gasteiger partial charge is 0.361 e. The van der Waals surface area contributed by atoms with Crippen LogP contribution >= 0.6 is 0 Å². The number of amides is 1. The van der Waals surface area contributed by atoms with Gasteiger partial charge >= 0.3 is 0 Å². The van der Waals surface area contributed by atoms with Crippen molar-refractivity contribution in [2.75, 3.05) is 5.32 Å². The van der Waals surface area contributed by atoms with E-state index < -0.39 is 0 Å². The molecule has 0 aliphatic carbocycles. The zero-order valence-electron chi connectivity index (χ0n) is 11.8. The van der Waals surface area contributed by atoms with Crippen molar-refractivity contribution in [2.45, 2.75) is 33.6 Å². The molecule has 2 rings (SSSR count). The van der Waals surface area contributed by atoms with Gasteiger partial charge in [0.2, 0.25) is 0 Å². The lowest BCUT2D eigenvalue weighted by Crippen LogP contribution is -2.14. The Kier molecular flexibility index (Phi) is 4.17. The summed E-state index contributed by atoms with van der Waals surface area (Å²) in [6, 6.07) is 4.45. The molecule has 4 nitrogen and oxygen atoms in total. The average molecular weight is 276 g/mol. The Labute approximate surface area is 117 Å². The molecule has 0 saturated carbocycles. The maximum Gasteiger partial charge on any atom is 0.261 e. The van der Waals surface area contributed by atoms with Gasteiger partial charge in [-0.3, -0.25) is 4.79 Å². The molecule has 5 heteroatoms. The van der Waals surface area contributed by atoms with Crippen LogP contribution in [0, 0.1) is 19.7 Å².